The molecule has 0 aromatic heterocycles. The van der Waals surface area contributed by atoms with Crippen LogP contribution in [-0.2, 0) is 9.59 Å². The van der Waals surface area contributed by atoms with E-state index in [4.69, 9.17) is 23.2 Å². The lowest BCUT2D eigenvalue weighted by Crippen LogP contribution is -2.56. The number of carbonyl (C=O) groups is 2. The monoisotopic (exact) mass is 328 g/mol. The molecule has 1 aromatic carbocycles. The maximum Gasteiger partial charge on any atom is 0.252 e. The van der Waals surface area contributed by atoms with Gasteiger partial charge in [-0.1, -0.05) is 37.0 Å². The number of halogens is 2. The zero-order chi connectivity index (χ0) is 15.6. The second kappa shape index (κ2) is 6.24. The fraction of sp³-hybridized carbons (Fsp3) is 0.467. The van der Waals surface area contributed by atoms with Gasteiger partial charge in [0.2, 0.25) is 5.91 Å². The first-order valence-electron chi connectivity index (χ1n) is 7.01. The number of nitrogens with one attached hydrogen (secondary N) is 1. The number of rotatable bonds is 3. The van der Waals surface area contributed by atoms with Gasteiger partial charge in [-0.3, -0.25) is 9.59 Å². The molecule has 1 aromatic rings. The summed E-state index contributed by atoms with van der Waals surface area (Å²) in [4.78, 5) is 26.5. The van der Waals surface area contributed by atoms with Crippen molar-refractivity contribution in [3.63, 3.8) is 0 Å². The van der Waals surface area contributed by atoms with E-state index < -0.39 is 5.54 Å². The number of nitrogens with zero attached hydrogens (tertiary/aromatic N) is 1. The van der Waals surface area contributed by atoms with Crippen LogP contribution >= 0.6 is 23.2 Å². The first kappa shape index (κ1) is 16.1. The number of amides is 2. The van der Waals surface area contributed by atoms with Gasteiger partial charge in [-0.2, -0.15) is 0 Å². The topological polar surface area (TPSA) is 49.4 Å². The normalized spacial score (nSPS) is 18.4. The zero-order valence-corrected chi connectivity index (χ0v) is 13.6. The van der Waals surface area contributed by atoms with Crippen molar-refractivity contribution in [2.24, 2.45) is 0 Å². The second-order valence-electron chi connectivity index (χ2n) is 5.14. The van der Waals surface area contributed by atoms with Gasteiger partial charge in [0.25, 0.3) is 5.91 Å². The van der Waals surface area contributed by atoms with Gasteiger partial charge in [0.1, 0.15) is 5.54 Å². The molecule has 1 heterocycles. The lowest BCUT2D eigenvalue weighted by atomic mass is 9.91. The molecule has 1 aliphatic heterocycles. The van der Waals surface area contributed by atoms with Crippen molar-refractivity contribution in [1.82, 2.24) is 5.32 Å². The maximum absolute atomic E-state index is 12.9. The average molecular weight is 329 g/mol. The van der Waals surface area contributed by atoms with E-state index in [1.807, 2.05) is 13.8 Å². The SMILES string of the molecule is CCC1(CC)NC(=O)CCN(c2cc(Cl)ccc2Cl)C1=O. The molecule has 0 saturated carbocycles. The summed E-state index contributed by atoms with van der Waals surface area (Å²) >= 11 is 12.2. The van der Waals surface area contributed by atoms with Crippen LogP contribution < -0.4 is 10.2 Å². The third-order valence-electron chi connectivity index (χ3n) is 4.00. The Bertz CT molecular complexity index is 571. The molecule has 0 bridgehead atoms. The van der Waals surface area contributed by atoms with Crippen LogP contribution in [-0.4, -0.2) is 23.9 Å². The smallest absolute Gasteiger partial charge is 0.252 e. The van der Waals surface area contributed by atoms with Crippen LogP contribution in [0.4, 0.5) is 5.69 Å². The molecule has 0 aliphatic carbocycles. The molecule has 2 amide bonds. The van der Waals surface area contributed by atoms with Crippen LogP contribution in [0.2, 0.25) is 10.0 Å². The molecule has 21 heavy (non-hydrogen) atoms. The standard InChI is InChI=1S/C15H18Cl2N2O2/c1-3-15(4-2)14(21)19(8-7-13(20)18-15)12-9-10(16)5-6-11(12)17/h5-6,9H,3-4,7-8H2,1-2H3,(H,18,20). The summed E-state index contributed by atoms with van der Waals surface area (Å²) in [5.74, 6) is -0.254. The Morgan fingerprint density at radius 3 is 2.52 bits per heavy atom. The van der Waals surface area contributed by atoms with E-state index in [1.54, 1.807) is 23.1 Å². The molecule has 0 unspecified atom stereocenters. The lowest BCUT2D eigenvalue weighted by molar-refractivity contribution is -0.130. The van der Waals surface area contributed by atoms with Crippen molar-refractivity contribution >= 4 is 40.7 Å². The van der Waals surface area contributed by atoms with Gasteiger partial charge in [0.05, 0.1) is 10.7 Å². The predicted molar refractivity (Wildman–Crippen MR) is 84.9 cm³/mol. The molecule has 1 aliphatic rings. The van der Waals surface area contributed by atoms with Gasteiger partial charge in [-0.15, -0.1) is 0 Å². The van der Waals surface area contributed by atoms with Crippen molar-refractivity contribution < 1.29 is 9.59 Å². The first-order chi connectivity index (χ1) is 9.93. The molecule has 4 nitrogen and oxygen atoms in total. The summed E-state index contributed by atoms with van der Waals surface area (Å²) in [5, 5.41) is 3.82. The van der Waals surface area contributed by atoms with Gasteiger partial charge < -0.3 is 10.2 Å². The molecule has 0 spiro atoms. The van der Waals surface area contributed by atoms with Gasteiger partial charge in [0, 0.05) is 18.0 Å². The summed E-state index contributed by atoms with van der Waals surface area (Å²) < 4.78 is 0. The minimum atomic E-state index is -0.876. The van der Waals surface area contributed by atoms with E-state index in [-0.39, 0.29) is 18.2 Å². The van der Waals surface area contributed by atoms with Crippen LogP contribution in [0.25, 0.3) is 0 Å². The Balaban J connectivity index is 2.49. The lowest BCUT2D eigenvalue weighted by Gasteiger charge is -2.34. The molecule has 6 heteroatoms. The van der Waals surface area contributed by atoms with E-state index in [9.17, 15) is 9.59 Å². The predicted octanol–water partition coefficient (Wildman–Crippen LogP) is 3.41. The minimum absolute atomic E-state index is 0.118. The van der Waals surface area contributed by atoms with Crippen molar-refractivity contribution in [1.29, 1.82) is 0 Å². The highest BCUT2D eigenvalue weighted by molar-refractivity contribution is 6.36. The van der Waals surface area contributed by atoms with Gasteiger partial charge >= 0.3 is 0 Å². The molecule has 0 radical (unpaired) electrons. The summed E-state index contributed by atoms with van der Waals surface area (Å²) in [6.45, 7) is 4.09. The van der Waals surface area contributed by atoms with E-state index in [2.05, 4.69) is 5.32 Å². The summed E-state index contributed by atoms with van der Waals surface area (Å²) in [6.07, 6.45) is 1.31. The number of carbonyl (C=O) groups excluding carboxylic acids is 2. The molecule has 1 fully saturated rings. The van der Waals surface area contributed by atoms with E-state index in [0.717, 1.165) is 0 Å². The molecule has 0 atom stereocenters. The van der Waals surface area contributed by atoms with Crippen LogP contribution in [0, 0.1) is 0 Å². The van der Waals surface area contributed by atoms with E-state index in [0.29, 0.717) is 35.1 Å². The Morgan fingerprint density at radius 1 is 1.24 bits per heavy atom. The van der Waals surface area contributed by atoms with Gasteiger partial charge in [0.15, 0.2) is 0 Å². The quantitative estimate of drug-likeness (QED) is 0.924. The largest absolute Gasteiger partial charge is 0.342 e. The molecule has 1 N–H and O–H groups in total. The summed E-state index contributed by atoms with van der Waals surface area (Å²) in [7, 11) is 0. The number of hydrogen-bond acceptors (Lipinski definition) is 2. The van der Waals surface area contributed by atoms with E-state index in [1.165, 1.54) is 0 Å². The van der Waals surface area contributed by atoms with Crippen molar-refractivity contribution in [2.75, 3.05) is 11.4 Å². The molecule has 1 saturated heterocycles. The minimum Gasteiger partial charge on any atom is -0.342 e. The Morgan fingerprint density at radius 2 is 1.90 bits per heavy atom. The summed E-state index contributed by atoms with van der Waals surface area (Å²) in [5.41, 5.74) is -0.323. The van der Waals surface area contributed by atoms with Crippen molar-refractivity contribution in [3.8, 4) is 0 Å². The third kappa shape index (κ3) is 3.01. The molecule has 2 rings (SSSR count). The van der Waals surface area contributed by atoms with Crippen LogP contribution in [0.15, 0.2) is 18.2 Å². The Kier molecular flexibility index (Phi) is 4.79. The highest BCUT2D eigenvalue weighted by Gasteiger charge is 2.42. The molecular weight excluding hydrogens is 311 g/mol. The van der Waals surface area contributed by atoms with Crippen LogP contribution in [0.5, 0.6) is 0 Å². The number of hydrogen-bond donors (Lipinski definition) is 1. The van der Waals surface area contributed by atoms with Crippen LogP contribution in [0.1, 0.15) is 33.1 Å². The van der Waals surface area contributed by atoms with Crippen molar-refractivity contribution in [3.05, 3.63) is 28.2 Å². The average Bonchev–Trinajstić information content (AvgIpc) is 2.59. The molecular formula is C15H18Cl2N2O2. The zero-order valence-electron chi connectivity index (χ0n) is 12.1. The third-order valence-corrected chi connectivity index (χ3v) is 4.56. The molecule has 114 valence electrons. The fourth-order valence-corrected chi connectivity index (χ4v) is 2.99. The Hall–Kier alpha value is -1.26. The Labute approximate surface area is 134 Å². The first-order valence-corrected chi connectivity index (χ1v) is 7.77. The van der Waals surface area contributed by atoms with E-state index >= 15 is 0 Å². The highest BCUT2D eigenvalue weighted by Crippen LogP contribution is 2.33. The second-order valence-corrected chi connectivity index (χ2v) is 5.98. The highest BCUT2D eigenvalue weighted by atomic mass is 35.5. The number of anilines is 1. The summed E-state index contributed by atoms with van der Waals surface area (Å²) in [6, 6.07) is 4.99. The fourth-order valence-electron chi connectivity index (χ4n) is 2.61. The van der Waals surface area contributed by atoms with Gasteiger partial charge in [-0.05, 0) is 31.0 Å². The maximum atomic E-state index is 12.9. The number of benzene rings is 1. The van der Waals surface area contributed by atoms with Crippen molar-refractivity contribution in [2.45, 2.75) is 38.6 Å². The van der Waals surface area contributed by atoms with Crippen LogP contribution in [0.3, 0.4) is 0 Å². The van der Waals surface area contributed by atoms with Gasteiger partial charge in [-0.25, -0.2) is 0 Å².